The summed E-state index contributed by atoms with van der Waals surface area (Å²) >= 11 is -3.83. The quantitative estimate of drug-likeness (QED) is 0.615. The van der Waals surface area contributed by atoms with Crippen molar-refractivity contribution < 1.29 is 30.4 Å². The van der Waals surface area contributed by atoms with Crippen molar-refractivity contribution in [3.8, 4) is 0 Å². The molecular weight excluding hydrogens is 288 g/mol. The minimum atomic E-state index is -3.83. The average molecular weight is 302 g/mol. The van der Waals surface area contributed by atoms with Gasteiger partial charge >= 0.3 is 98.0 Å². The van der Waals surface area contributed by atoms with Gasteiger partial charge in [0.05, 0.1) is 0 Å². The molecule has 0 aromatic heterocycles. The van der Waals surface area contributed by atoms with E-state index in [1.54, 1.807) is 0 Å². The number of benzene rings is 1. The fourth-order valence-electron chi connectivity index (χ4n) is 1.94. The average Bonchev–Trinajstić information content (AvgIpc) is 2.23. The molecule has 0 amide bonds. The van der Waals surface area contributed by atoms with Crippen LogP contribution in [0.1, 0.15) is 16.7 Å². The summed E-state index contributed by atoms with van der Waals surface area (Å²) in [5.74, 6) is 0. The van der Waals surface area contributed by atoms with Crippen LogP contribution in [-0.4, -0.2) is 14.0 Å². The zero-order valence-electron chi connectivity index (χ0n) is 9.52. The Labute approximate surface area is 98.1 Å². The topological polar surface area (TPSA) is 51.2 Å². The van der Waals surface area contributed by atoms with Crippen LogP contribution in [-0.2, 0) is 30.4 Å². The molecule has 4 heteroatoms. The maximum atomic E-state index is 11.1. The molecule has 0 unspecified atom stereocenters. The molecule has 0 radical (unpaired) electrons. The van der Waals surface area contributed by atoms with Crippen LogP contribution in [0.3, 0.4) is 0 Å². The zero-order chi connectivity index (χ0) is 12.3. The first-order chi connectivity index (χ1) is 7.50. The Kier molecular flexibility index (Phi) is 3.92. The monoisotopic (exact) mass is 304 g/mol. The van der Waals surface area contributed by atoms with Gasteiger partial charge < -0.3 is 0 Å². The van der Waals surface area contributed by atoms with E-state index in [0.717, 1.165) is 16.7 Å². The molecule has 0 atom stereocenters. The molecule has 16 heavy (non-hydrogen) atoms. The maximum absolute atomic E-state index is 11.1. The van der Waals surface area contributed by atoms with Crippen LogP contribution < -0.4 is 3.95 Å². The van der Waals surface area contributed by atoms with Gasteiger partial charge in [-0.05, 0) is 0 Å². The van der Waals surface area contributed by atoms with E-state index in [-0.39, 0.29) is 0 Å². The van der Waals surface area contributed by atoms with E-state index in [0.29, 0.717) is 18.0 Å². The van der Waals surface area contributed by atoms with Crippen LogP contribution in [0.4, 0.5) is 0 Å². The van der Waals surface area contributed by atoms with Gasteiger partial charge in [-0.15, -0.1) is 0 Å². The van der Waals surface area contributed by atoms with Crippen LogP contribution in [0.5, 0.6) is 0 Å². The molecule has 0 bridgehead atoms. The zero-order valence-corrected chi connectivity index (χ0v) is 11.5. The number of rotatable bonds is 4. The molecule has 0 fully saturated rings. The summed E-state index contributed by atoms with van der Waals surface area (Å²) in [5.41, 5.74) is 2.80. The Balaban J connectivity index is 3.59. The van der Waals surface area contributed by atoms with Gasteiger partial charge in [0.1, 0.15) is 0 Å². The molecule has 1 rings (SSSR count). The number of aryl methyl sites for hydroxylation is 3. The van der Waals surface area contributed by atoms with Crippen molar-refractivity contribution in [1.29, 1.82) is 0 Å². The fraction of sp³-hybridized carbons (Fsp3) is 0.250. The summed E-state index contributed by atoms with van der Waals surface area (Å²) in [6.45, 7) is 5.63. The van der Waals surface area contributed by atoms with E-state index in [4.69, 9.17) is 0 Å². The Morgan fingerprint density at radius 1 is 0.875 bits per heavy atom. The molecule has 0 aliphatic carbocycles. The Morgan fingerprint density at radius 2 is 1.25 bits per heavy atom. The van der Waals surface area contributed by atoms with Gasteiger partial charge in [0.15, 0.2) is 0 Å². The van der Waals surface area contributed by atoms with Crippen molar-refractivity contribution in [2.24, 2.45) is 0 Å². The first-order valence-electron chi connectivity index (χ1n) is 4.77. The summed E-state index contributed by atoms with van der Waals surface area (Å²) in [6, 6.07) is 3.80. The number of hydrogen-bond acceptors (Lipinski definition) is 3. The Bertz CT molecular complexity index is 407. The molecular formula is C12H14MoO3. The molecule has 1 aromatic carbocycles. The molecule has 0 spiro atoms. The van der Waals surface area contributed by atoms with Gasteiger partial charge in [-0.25, -0.2) is 0 Å². The van der Waals surface area contributed by atoms with Gasteiger partial charge in [-0.2, -0.15) is 0 Å². The Hall–Kier alpha value is -1.08. The molecule has 0 N–H and O–H groups in total. The van der Waals surface area contributed by atoms with E-state index < -0.39 is 16.1 Å². The minimum absolute atomic E-state index is 0.590. The van der Waals surface area contributed by atoms with Gasteiger partial charge in [0, 0.05) is 0 Å². The summed E-state index contributed by atoms with van der Waals surface area (Å²) < 4.78 is 2.46. The second kappa shape index (κ2) is 4.83. The second-order valence-electron chi connectivity index (χ2n) is 3.78. The van der Waals surface area contributed by atoms with Gasteiger partial charge in [-0.3, -0.25) is 0 Å². The van der Waals surface area contributed by atoms with Crippen molar-refractivity contribution in [3.63, 3.8) is 0 Å². The van der Waals surface area contributed by atoms with Crippen molar-refractivity contribution in [2.75, 3.05) is 0 Å². The molecule has 0 aliphatic heterocycles. The van der Waals surface area contributed by atoms with E-state index in [2.05, 4.69) is 0 Å². The van der Waals surface area contributed by atoms with Crippen LogP contribution in [0.15, 0.2) is 12.1 Å². The van der Waals surface area contributed by atoms with Gasteiger partial charge in [-0.1, -0.05) is 0 Å². The van der Waals surface area contributed by atoms with Crippen molar-refractivity contribution in [2.45, 2.75) is 20.8 Å². The van der Waals surface area contributed by atoms with E-state index >= 15 is 0 Å². The molecule has 0 heterocycles. The van der Waals surface area contributed by atoms with Crippen molar-refractivity contribution >= 4 is 18.0 Å². The number of carbonyl (C=O) groups is 3. The normalized spacial score (nSPS) is 11.9. The Morgan fingerprint density at radius 3 is 1.56 bits per heavy atom. The second-order valence-corrected chi connectivity index (χ2v) is 9.95. The van der Waals surface area contributed by atoms with E-state index in [1.807, 2.05) is 32.9 Å². The third kappa shape index (κ3) is 2.05. The first-order valence-corrected chi connectivity index (χ1v) is 9.25. The van der Waals surface area contributed by atoms with Crippen LogP contribution >= 0.6 is 0 Å². The first kappa shape index (κ1) is 13.0. The molecule has 0 aliphatic rings. The molecule has 1 aromatic rings. The molecule has 0 saturated heterocycles. The molecule has 86 valence electrons. The van der Waals surface area contributed by atoms with Crippen LogP contribution in [0.2, 0.25) is 0 Å². The van der Waals surface area contributed by atoms with Crippen LogP contribution in [0.25, 0.3) is 0 Å². The molecule has 0 saturated carbocycles. The summed E-state index contributed by atoms with van der Waals surface area (Å²) in [4.78, 5) is 33.3. The van der Waals surface area contributed by atoms with E-state index in [9.17, 15) is 14.4 Å². The predicted octanol–water partition coefficient (Wildman–Crippen LogP) is 0.962. The van der Waals surface area contributed by atoms with Gasteiger partial charge in [0.2, 0.25) is 0 Å². The summed E-state index contributed by atoms with van der Waals surface area (Å²) in [5, 5.41) is 0. The third-order valence-electron chi connectivity index (χ3n) is 2.44. The number of hydrogen-bond donors (Lipinski definition) is 0. The SMILES string of the molecule is Cc1cc(C)[c]([Mo]([CH]=O)([CH]=O)[CH]=O)c(C)c1. The van der Waals surface area contributed by atoms with Crippen LogP contribution in [0, 0.1) is 20.8 Å². The van der Waals surface area contributed by atoms with Gasteiger partial charge in [0.25, 0.3) is 0 Å². The third-order valence-corrected chi connectivity index (χ3v) is 8.11. The van der Waals surface area contributed by atoms with Crippen molar-refractivity contribution in [1.82, 2.24) is 0 Å². The summed E-state index contributed by atoms with van der Waals surface area (Å²) in [6.07, 6.45) is 0. The fourth-order valence-corrected chi connectivity index (χ4v) is 6.01. The van der Waals surface area contributed by atoms with Crippen molar-refractivity contribution in [3.05, 3.63) is 28.8 Å². The number of carbonyl (C=O) groups excluding carboxylic acids is 3. The standard InChI is InChI=1S/C9H11.3CHO.Mo/c1-7-4-8(2)6-9(3)5-7;3*1-2;/h4-5H,1-3H3;3*1H;. The molecule has 3 nitrogen and oxygen atoms in total. The van der Waals surface area contributed by atoms with E-state index in [1.165, 1.54) is 0 Å². The summed E-state index contributed by atoms with van der Waals surface area (Å²) in [7, 11) is 0. The predicted molar refractivity (Wildman–Crippen MR) is 60.5 cm³/mol.